The van der Waals surface area contributed by atoms with Crippen molar-refractivity contribution < 1.29 is 20.1 Å². The SMILES string of the molecule is CC[C@H]1C#CC[C@H]([C@H](O)CCc2ccc(O)c(OCC[C@H](Cc3ccc[nH]3)c3ccnc(N)c3)c2)[C@@H](O)CCCC1. The van der Waals surface area contributed by atoms with Crippen LogP contribution in [0.5, 0.6) is 11.5 Å². The number of aryl methyl sites for hydroxylation is 1. The molecule has 0 radical (unpaired) electrons. The molecule has 0 amide bonds. The number of hydrogen-bond donors (Lipinski definition) is 5. The number of nitrogens with two attached hydrogens (primary N) is 1. The quantitative estimate of drug-likeness (QED) is 0.180. The van der Waals surface area contributed by atoms with Gasteiger partial charge in [0.05, 0.1) is 18.8 Å². The molecule has 6 N–H and O–H groups in total. The van der Waals surface area contributed by atoms with Gasteiger partial charge in [-0.15, -0.1) is 5.92 Å². The van der Waals surface area contributed by atoms with Crippen LogP contribution < -0.4 is 10.5 Å². The highest BCUT2D eigenvalue weighted by atomic mass is 16.5. The van der Waals surface area contributed by atoms with Crippen LogP contribution in [0.15, 0.2) is 54.9 Å². The predicted octanol–water partition coefficient (Wildman–Crippen LogP) is 5.76. The highest BCUT2D eigenvalue weighted by molar-refractivity contribution is 5.42. The predicted molar refractivity (Wildman–Crippen MR) is 163 cm³/mol. The van der Waals surface area contributed by atoms with Gasteiger partial charge in [0.15, 0.2) is 11.5 Å². The highest BCUT2D eigenvalue weighted by Crippen LogP contribution is 2.31. The lowest BCUT2D eigenvalue weighted by Gasteiger charge is -2.27. The fourth-order valence-corrected chi connectivity index (χ4v) is 5.72. The summed E-state index contributed by atoms with van der Waals surface area (Å²) in [5.41, 5.74) is 9.14. The molecule has 0 bridgehead atoms. The third-order valence-electron chi connectivity index (χ3n) is 8.31. The average molecular weight is 560 g/mol. The Morgan fingerprint density at radius 1 is 1.15 bits per heavy atom. The van der Waals surface area contributed by atoms with E-state index in [2.05, 4.69) is 34.8 Å². The monoisotopic (exact) mass is 559 g/mol. The van der Waals surface area contributed by atoms with Crippen molar-refractivity contribution in [3.05, 3.63) is 71.7 Å². The van der Waals surface area contributed by atoms with Crippen LogP contribution in [0.2, 0.25) is 0 Å². The fourth-order valence-electron chi connectivity index (χ4n) is 5.72. The molecule has 0 unspecified atom stereocenters. The van der Waals surface area contributed by atoms with Crippen LogP contribution in [-0.2, 0) is 12.8 Å². The second-order valence-corrected chi connectivity index (χ2v) is 11.3. The second-order valence-electron chi connectivity index (χ2n) is 11.3. The number of aromatic amines is 1. The number of phenols is 1. The normalized spacial score (nSPS) is 20.9. The molecule has 2 aromatic heterocycles. The number of aromatic hydroxyl groups is 1. The summed E-state index contributed by atoms with van der Waals surface area (Å²) < 4.78 is 6.07. The van der Waals surface area contributed by atoms with Crippen LogP contribution in [0.1, 0.15) is 81.0 Å². The molecule has 7 nitrogen and oxygen atoms in total. The molecule has 5 atom stereocenters. The van der Waals surface area contributed by atoms with Gasteiger partial charge in [-0.25, -0.2) is 4.98 Å². The molecule has 1 aliphatic carbocycles. The zero-order valence-corrected chi connectivity index (χ0v) is 24.1. The summed E-state index contributed by atoms with van der Waals surface area (Å²) in [6, 6.07) is 13.3. The third kappa shape index (κ3) is 9.27. The summed E-state index contributed by atoms with van der Waals surface area (Å²) in [6.45, 7) is 2.58. The largest absolute Gasteiger partial charge is 0.504 e. The maximum absolute atomic E-state index is 11.0. The number of pyridine rings is 1. The van der Waals surface area contributed by atoms with Crippen LogP contribution in [0.4, 0.5) is 5.82 Å². The number of rotatable bonds is 12. The Balaban J connectivity index is 1.35. The van der Waals surface area contributed by atoms with Gasteiger partial charge in [0.1, 0.15) is 5.82 Å². The molecule has 0 spiro atoms. The van der Waals surface area contributed by atoms with Gasteiger partial charge in [0.25, 0.3) is 0 Å². The zero-order chi connectivity index (χ0) is 29.0. The Labute approximate surface area is 244 Å². The number of ether oxygens (including phenoxy) is 1. The Kier molecular flexibility index (Phi) is 11.5. The number of aliphatic hydroxyl groups is 2. The minimum absolute atomic E-state index is 0.0897. The molecule has 4 rings (SSSR count). The first kappa shape index (κ1) is 30.5. The van der Waals surface area contributed by atoms with Gasteiger partial charge in [-0.3, -0.25) is 0 Å². The molecular weight excluding hydrogens is 514 g/mol. The Morgan fingerprint density at radius 3 is 2.78 bits per heavy atom. The molecule has 1 aliphatic rings. The molecule has 41 heavy (non-hydrogen) atoms. The molecule has 1 aromatic carbocycles. The Hall–Kier alpha value is -3.47. The smallest absolute Gasteiger partial charge is 0.161 e. The lowest BCUT2D eigenvalue weighted by Crippen LogP contribution is -2.32. The molecule has 0 saturated carbocycles. The summed E-state index contributed by atoms with van der Waals surface area (Å²) in [5.74, 6) is 7.94. The summed E-state index contributed by atoms with van der Waals surface area (Å²) in [7, 11) is 0. The Morgan fingerprint density at radius 2 is 2.00 bits per heavy atom. The van der Waals surface area contributed by atoms with Crippen molar-refractivity contribution in [2.75, 3.05) is 12.3 Å². The summed E-state index contributed by atoms with van der Waals surface area (Å²) in [6.07, 6.45) is 10.4. The van der Waals surface area contributed by atoms with Crippen molar-refractivity contribution in [2.24, 2.45) is 11.8 Å². The molecule has 220 valence electrons. The van der Waals surface area contributed by atoms with Crippen molar-refractivity contribution >= 4 is 5.82 Å². The van der Waals surface area contributed by atoms with E-state index in [1.807, 2.05) is 36.5 Å². The van der Waals surface area contributed by atoms with E-state index in [1.54, 1.807) is 12.3 Å². The molecule has 0 fully saturated rings. The van der Waals surface area contributed by atoms with Gasteiger partial charge < -0.3 is 30.8 Å². The van der Waals surface area contributed by atoms with Crippen LogP contribution >= 0.6 is 0 Å². The van der Waals surface area contributed by atoms with Crippen molar-refractivity contribution in [1.29, 1.82) is 0 Å². The third-order valence-corrected chi connectivity index (χ3v) is 8.31. The standard InChI is InChI=1S/C34H45N3O4/c1-2-24-7-3-4-11-30(38)29(10-5-8-24)31(39)14-12-25-13-15-32(40)33(21-25)41-20-17-27(22-28-9-6-18-36-28)26-16-19-37-34(35)23-26/h6,9,13,15-16,18-19,21,23-24,27,29-31,36,38-40H,2-4,7,10-12,14,17,20,22H2,1H3,(H2,35,37)/t24-,27-,29+,30+,31-/m1/s1. The minimum atomic E-state index is -0.654. The number of anilines is 1. The molecular formula is C34H45N3O4. The number of hydrogen-bond acceptors (Lipinski definition) is 6. The highest BCUT2D eigenvalue weighted by Gasteiger charge is 2.26. The number of nitrogens with one attached hydrogen (secondary N) is 1. The number of H-pyrrole nitrogens is 1. The van der Waals surface area contributed by atoms with Crippen LogP contribution in [-0.4, -0.2) is 44.1 Å². The van der Waals surface area contributed by atoms with Gasteiger partial charge in [0, 0.05) is 36.3 Å². The number of aliphatic hydroxyl groups excluding tert-OH is 2. The first-order valence-corrected chi connectivity index (χ1v) is 15.1. The van der Waals surface area contributed by atoms with E-state index in [9.17, 15) is 15.3 Å². The van der Waals surface area contributed by atoms with Crippen molar-refractivity contribution in [2.45, 2.75) is 89.3 Å². The van der Waals surface area contributed by atoms with E-state index in [-0.39, 0.29) is 17.6 Å². The number of nitrogens with zero attached hydrogens (tertiary/aromatic N) is 1. The maximum Gasteiger partial charge on any atom is 0.161 e. The van der Waals surface area contributed by atoms with Gasteiger partial charge in [-0.05, 0) is 98.4 Å². The van der Waals surface area contributed by atoms with Crippen LogP contribution in [0.25, 0.3) is 0 Å². The molecule has 3 aromatic rings. The summed E-state index contributed by atoms with van der Waals surface area (Å²) in [5, 5.41) is 32.3. The van der Waals surface area contributed by atoms with E-state index in [1.165, 1.54) is 0 Å². The van der Waals surface area contributed by atoms with E-state index in [0.717, 1.165) is 55.3 Å². The van der Waals surface area contributed by atoms with Crippen LogP contribution in [0, 0.1) is 23.7 Å². The molecule has 0 saturated heterocycles. The fraction of sp³-hybridized carbons (Fsp3) is 0.500. The van der Waals surface area contributed by atoms with Crippen molar-refractivity contribution in [3.8, 4) is 23.3 Å². The molecule has 7 heteroatoms. The van der Waals surface area contributed by atoms with E-state index in [0.29, 0.717) is 49.8 Å². The van der Waals surface area contributed by atoms with E-state index >= 15 is 0 Å². The van der Waals surface area contributed by atoms with E-state index in [4.69, 9.17) is 10.5 Å². The number of phenolic OH excluding ortho intramolecular Hbond substituents is 1. The first-order valence-electron chi connectivity index (χ1n) is 15.1. The minimum Gasteiger partial charge on any atom is -0.504 e. The lowest BCUT2D eigenvalue weighted by atomic mass is 9.85. The van der Waals surface area contributed by atoms with Gasteiger partial charge in [-0.1, -0.05) is 31.8 Å². The first-order chi connectivity index (χ1) is 19.9. The van der Waals surface area contributed by atoms with Gasteiger partial charge in [0.2, 0.25) is 0 Å². The number of aromatic nitrogens is 2. The van der Waals surface area contributed by atoms with E-state index < -0.39 is 12.2 Å². The maximum atomic E-state index is 11.0. The number of benzene rings is 1. The second kappa shape index (κ2) is 15.5. The zero-order valence-electron chi connectivity index (χ0n) is 24.1. The molecule has 0 aliphatic heterocycles. The average Bonchev–Trinajstić information content (AvgIpc) is 3.49. The van der Waals surface area contributed by atoms with Gasteiger partial charge >= 0.3 is 0 Å². The lowest BCUT2D eigenvalue weighted by molar-refractivity contribution is 0.00559. The van der Waals surface area contributed by atoms with Crippen molar-refractivity contribution in [3.63, 3.8) is 0 Å². The summed E-state index contributed by atoms with van der Waals surface area (Å²) >= 11 is 0. The molecule has 2 heterocycles. The topological polar surface area (TPSA) is 125 Å². The number of nitrogen functional groups attached to an aromatic ring is 1. The van der Waals surface area contributed by atoms with Crippen LogP contribution in [0.3, 0.4) is 0 Å². The van der Waals surface area contributed by atoms with Crippen molar-refractivity contribution in [1.82, 2.24) is 9.97 Å². The van der Waals surface area contributed by atoms with Gasteiger partial charge in [-0.2, -0.15) is 0 Å². The summed E-state index contributed by atoms with van der Waals surface area (Å²) in [4.78, 5) is 7.39. The Bertz CT molecular complexity index is 1270.